The van der Waals surface area contributed by atoms with Gasteiger partial charge in [0.1, 0.15) is 0 Å². The molecule has 7 nitrogen and oxygen atoms in total. The third kappa shape index (κ3) is 8.07. The molecule has 0 aliphatic carbocycles. The molecule has 4 amide bonds. The maximum absolute atomic E-state index is 12.9. The van der Waals surface area contributed by atoms with E-state index in [9.17, 15) is 27.6 Å². The molecule has 1 atom stereocenters. The highest BCUT2D eigenvalue weighted by molar-refractivity contribution is 5.96. The van der Waals surface area contributed by atoms with Crippen LogP contribution in [0.3, 0.4) is 0 Å². The van der Waals surface area contributed by atoms with Crippen LogP contribution in [-0.4, -0.2) is 48.9 Å². The summed E-state index contributed by atoms with van der Waals surface area (Å²) in [6.45, 7) is 3.05. The highest BCUT2D eigenvalue weighted by atomic mass is 19.4. The molecule has 1 aromatic rings. The smallest absolute Gasteiger partial charge is 0.335 e. The average molecular weight is 388 g/mol. The molecule has 0 saturated carbocycles. The van der Waals surface area contributed by atoms with Crippen LogP contribution in [0.5, 0.6) is 0 Å². The second-order valence-corrected chi connectivity index (χ2v) is 6.09. The molecule has 27 heavy (non-hydrogen) atoms. The van der Waals surface area contributed by atoms with Crippen molar-refractivity contribution in [2.75, 3.05) is 25.5 Å². The van der Waals surface area contributed by atoms with E-state index in [-0.39, 0.29) is 24.8 Å². The van der Waals surface area contributed by atoms with Gasteiger partial charge in [0.05, 0.1) is 24.3 Å². The van der Waals surface area contributed by atoms with Crippen molar-refractivity contribution in [3.8, 4) is 0 Å². The zero-order valence-corrected chi connectivity index (χ0v) is 15.3. The summed E-state index contributed by atoms with van der Waals surface area (Å²) in [6, 6.07) is 3.86. The Morgan fingerprint density at radius 3 is 2.30 bits per heavy atom. The van der Waals surface area contributed by atoms with Gasteiger partial charge in [-0.15, -0.1) is 0 Å². The van der Waals surface area contributed by atoms with E-state index in [0.717, 1.165) is 12.1 Å². The minimum Gasteiger partial charge on any atom is -0.335 e. The second-order valence-electron chi connectivity index (χ2n) is 6.09. The molecule has 0 fully saturated rings. The highest BCUT2D eigenvalue weighted by Gasteiger charge is 2.33. The van der Waals surface area contributed by atoms with Crippen LogP contribution < -0.4 is 16.0 Å². The van der Waals surface area contributed by atoms with Gasteiger partial charge in [0.2, 0.25) is 11.8 Å². The van der Waals surface area contributed by atoms with Crippen LogP contribution in [0, 0.1) is 0 Å². The Morgan fingerprint density at radius 1 is 1.11 bits per heavy atom. The maximum atomic E-state index is 12.9. The van der Waals surface area contributed by atoms with Crippen LogP contribution in [0.4, 0.5) is 23.7 Å². The number of likely N-dealkylation sites (N-methyl/N-ethyl adjacent to an activating group) is 1. The largest absolute Gasteiger partial charge is 0.418 e. The van der Waals surface area contributed by atoms with Crippen molar-refractivity contribution in [1.29, 1.82) is 0 Å². The Hall–Kier alpha value is -2.62. The summed E-state index contributed by atoms with van der Waals surface area (Å²) in [4.78, 5) is 36.6. The van der Waals surface area contributed by atoms with Gasteiger partial charge in [-0.3, -0.25) is 19.8 Å². The predicted octanol–water partition coefficient (Wildman–Crippen LogP) is 2.20. The van der Waals surface area contributed by atoms with E-state index >= 15 is 0 Å². The molecule has 0 bridgehead atoms. The number of amides is 4. The number of nitrogens with one attached hydrogen (secondary N) is 3. The molecule has 0 aliphatic rings. The summed E-state index contributed by atoms with van der Waals surface area (Å²) in [7, 11) is 1.43. The first-order valence-corrected chi connectivity index (χ1v) is 8.27. The Morgan fingerprint density at radius 2 is 1.70 bits per heavy atom. The summed E-state index contributed by atoms with van der Waals surface area (Å²) < 4.78 is 38.8. The zero-order chi connectivity index (χ0) is 20.6. The van der Waals surface area contributed by atoms with Gasteiger partial charge in [-0.25, -0.2) is 4.79 Å². The van der Waals surface area contributed by atoms with Crippen LogP contribution >= 0.6 is 0 Å². The summed E-state index contributed by atoms with van der Waals surface area (Å²) in [5, 5.41) is 6.85. The molecule has 0 radical (unpaired) electrons. The van der Waals surface area contributed by atoms with E-state index in [1.165, 1.54) is 24.1 Å². The number of hydrogen-bond donors (Lipinski definition) is 3. The van der Waals surface area contributed by atoms with Gasteiger partial charge in [-0.05, 0) is 32.5 Å². The van der Waals surface area contributed by atoms with Crippen LogP contribution in [0.15, 0.2) is 24.3 Å². The third-order valence-corrected chi connectivity index (χ3v) is 3.58. The molecule has 0 saturated heterocycles. The van der Waals surface area contributed by atoms with Gasteiger partial charge in [-0.2, -0.15) is 13.2 Å². The first-order chi connectivity index (χ1) is 12.5. The monoisotopic (exact) mass is 388 g/mol. The van der Waals surface area contributed by atoms with Crippen molar-refractivity contribution in [1.82, 2.24) is 15.5 Å². The van der Waals surface area contributed by atoms with Gasteiger partial charge in [0.15, 0.2) is 0 Å². The van der Waals surface area contributed by atoms with Crippen molar-refractivity contribution in [2.24, 2.45) is 0 Å². The van der Waals surface area contributed by atoms with E-state index in [1.807, 2.05) is 6.92 Å². The number of alkyl halides is 3. The standard InChI is InChI=1S/C17H23F3N4O3/c1-4-11(2)21-16(27)23-15(26)10-24(3)9-14(25)22-13-8-6-5-7-12(13)17(18,19)20/h5-8,11H,4,9-10H2,1-3H3,(H,22,25)(H2,21,23,26,27)/t11-/m1/s1. The summed E-state index contributed by atoms with van der Waals surface area (Å²) in [5.41, 5.74) is -1.32. The molecule has 0 unspecified atom stereocenters. The molecule has 0 spiro atoms. The molecule has 3 N–H and O–H groups in total. The SMILES string of the molecule is CC[C@@H](C)NC(=O)NC(=O)CN(C)CC(=O)Nc1ccccc1C(F)(F)F. The summed E-state index contributed by atoms with van der Waals surface area (Å²) >= 11 is 0. The van der Waals surface area contributed by atoms with Crippen LogP contribution in [0.25, 0.3) is 0 Å². The number of rotatable bonds is 7. The van der Waals surface area contributed by atoms with Gasteiger partial charge >= 0.3 is 12.2 Å². The number of benzene rings is 1. The molecule has 1 rings (SSSR count). The third-order valence-electron chi connectivity index (χ3n) is 3.58. The molecule has 0 aromatic heterocycles. The van der Waals surface area contributed by atoms with E-state index in [1.54, 1.807) is 6.92 Å². The van der Waals surface area contributed by atoms with E-state index in [2.05, 4.69) is 16.0 Å². The van der Waals surface area contributed by atoms with E-state index in [4.69, 9.17) is 0 Å². The van der Waals surface area contributed by atoms with E-state index in [0.29, 0.717) is 6.42 Å². The number of para-hydroxylation sites is 1. The number of carbonyl (C=O) groups is 3. The Bertz CT molecular complexity index is 680. The first-order valence-electron chi connectivity index (χ1n) is 8.27. The number of anilines is 1. The summed E-state index contributed by atoms with van der Waals surface area (Å²) in [5.74, 6) is -1.35. The number of hydrogen-bond acceptors (Lipinski definition) is 4. The Balaban J connectivity index is 2.54. The molecule has 1 aromatic carbocycles. The minimum atomic E-state index is -4.60. The molecule has 150 valence electrons. The fraction of sp³-hybridized carbons (Fsp3) is 0.471. The number of urea groups is 1. The average Bonchev–Trinajstić information content (AvgIpc) is 2.53. The number of carbonyl (C=O) groups excluding carboxylic acids is 3. The van der Waals surface area contributed by atoms with Gasteiger partial charge in [-0.1, -0.05) is 19.1 Å². The number of halogens is 3. The molecular weight excluding hydrogens is 365 g/mol. The quantitative estimate of drug-likeness (QED) is 0.668. The lowest BCUT2D eigenvalue weighted by molar-refractivity contribution is -0.137. The maximum Gasteiger partial charge on any atom is 0.418 e. The highest BCUT2D eigenvalue weighted by Crippen LogP contribution is 2.34. The van der Waals surface area contributed by atoms with Crippen LogP contribution in [0.2, 0.25) is 0 Å². The fourth-order valence-corrected chi connectivity index (χ4v) is 2.10. The molecule has 0 aliphatic heterocycles. The summed E-state index contributed by atoms with van der Waals surface area (Å²) in [6.07, 6.45) is -3.90. The van der Waals surface area contributed by atoms with Crippen molar-refractivity contribution >= 4 is 23.5 Å². The lowest BCUT2D eigenvalue weighted by atomic mass is 10.1. The normalized spacial score (nSPS) is 12.4. The van der Waals surface area contributed by atoms with Crippen molar-refractivity contribution in [3.63, 3.8) is 0 Å². The van der Waals surface area contributed by atoms with Crippen LogP contribution in [0.1, 0.15) is 25.8 Å². The topological polar surface area (TPSA) is 90.5 Å². The Labute approximate surface area is 155 Å². The number of nitrogens with zero attached hydrogens (tertiary/aromatic N) is 1. The predicted molar refractivity (Wildman–Crippen MR) is 94.0 cm³/mol. The Kier molecular flexibility index (Phi) is 8.23. The lowest BCUT2D eigenvalue weighted by Crippen LogP contribution is -2.47. The first kappa shape index (κ1) is 22.4. The second kappa shape index (κ2) is 9.91. The van der Waals surface area contributed by atoms with Crippen molar-refractivity contribution in [3.05, 3.63) is 29.8 Å². The van der Waals surface area contributed by atoms with Gasteiger partial charge in [0.25, 0.3) is 0 Å². The van der Waals surface area contributed by atoms with Gasteiger partial charge < -0.3 is 10.6 Å². The minimum absolute atomic E-state index is 0.102. The zero-order valence-electron chi connectivity index (χ0n) is 15.3. The van der Waals surface area contributed by atoms with Crippen molar-refractivity contribution < 1.29 is 27.6 Å². The number of imide groups is 1. The molecular formula is C17H23F3N4O3. The molecule has 0 heterocycles. The van der Waals surface area contributed by atoms with E-state index < -0.39 is 29.6 Å². The van der Waals surface area contributed by atoms with Gasteiger partial charge in [0, 0.05) is 6.04 Å². The lowest BCUT2D eigenvalue weighted by Gasteiger charge is -2.18. The van der Waals surface area contributed by atoms with Crippen LogP contribution in [-0.2, 0) is 15.8 Å². The fourth-order valence-electron chi connectivity index (χ4n) is 2.10. The molecule has 10 heteroatoms. The van der Waals surface area contributed by atoms with Crippen molar-refractivity contribution in [2.45, 2.75) is 32.5 Å².